The Morgan fingerprint density at radius 3 is 2.40 bits per heavy atom. The highest BCUT2D eigenvalue weighted by atomic mass is 32.1. The molecule has 3 aromatic heterocycles. The third-order valence-electron chi connectivity index (χ3n) is 4.70. The minimum absolute atomic E-state index is 0.495. The number of methoxy groups -OCH3 is 4. The van der Waals surface area contributed by atoms with Crippen LogP contribution < -0.4 is 18.9 Å². The number of nitrogens with zero attached hydrogens (tertiary/aromatic N) is 3. The fourth-order valence-corrected chi connectivity index (χ4v) is 4.08. The monoisotopic (exact) mass is 423 g/mol. The number of hydrogen-bond acceptors (Lipinski definition) is 8. The van der Waals surface area contributed by atoms with Crippen LogP contribution in [0.4, 0.5) is 0 Å². The molecular weight excluding hydrogens is 402 g/mol. The van der Waals surface area contributed by atoms with E-state index in [1.807, 2.05) is 41.9 Å². The Kier molecular flexibility index (Phi) is 5.67. The molecule has 0 aliphatic heterocycles. The second kappa shape index (κ2) is 8.54. The van der Waals surface area contributed by atoms with E-state index in [1.165, 1.54) is 0 Å². The number of benzene rings is 1. The predicted octanol–water partition coefficient (Wildman–Crippen LogP) is 4.38. The van der Waals surface area contributed by atoms with Crippen LogP contribution in [0.2, 0.25) is 0 Å². The zero-order valence-electron chi connectivity index (χ0n) is 17.1. The van der Waals surface area contributed by atoms with Gasteiger partial charge in [0.25, 0.3) is 0 Å². The van der Waals surface area contributed by atoms with Crippen LogP contribution in [0.25, 0.3) is 21.3 Å². The van der Waals surface area contributed by atoms with Crippen LogP contribution in [0, 0.1) is 0 Å². The standard InChI is InChI=1S/C22H21N3O4S/c1-26-16-7-5-13(9-17(16)27-2)10-19-23-11-18-21(24-19)15(12-30-18)14-6-8-20(28-3)25-22(14)29-4/h5-9,11-12H,10H2,1-4H3. The molecule has 0 spiro atoms. The molecule has 0 N–H and O–H groups in total. The van der Waals surface area contributed by atoms with E-state index < -0.39 is 0 Å². The molecular formula is C22H21N3O4S. The number of ether oxygens (including phenoxy) is 4. The van der Waals surface area contributed by atoms with Crippen LogP contribution in [0.1, 0.15) is 11.4 Å². The molecule has 0 atom stereocenters. The minimum Gasteiger partial charge on any atom is -0.493 e. The summed E-state index contributed by atoms with van der Waals surface area (Å²) in [7, 11) is 6.42. The van der Waals surface area contributed by atoms with Crippen LogP contribution in [-0.4, -0.2) is 43.4 Å². The van der Waals surface area contributed by atoms with Gasteiger partial charge in [-0.05, 0) is 23.8 Å². The Morgan fingerprint density at radius 2 is 1.67 bits per heavy atom. The molecule has 154 valence electrons. The van der Waals surface area contributed by atoms with Crippen molar-refractivity contribution < 1.29 is 18.9 Å². The summed E-state index contributed by atoms with van der Waals surface area (Å²) in [6.45, 7) is 0. The molecule has 1 aromatic carbocycles. The Morgan fingerprint density at radius 1 is 0.833 bits per heavy atom. The molecule has 4 rings (SSSR count). The van der Waals surface area contributed by atoms with E-state index in [9.17, 15) is 0 Å². The maximum atomic E-state index is 5.48. The summed E-state index contributed by atoms with van der Waals surface area (Å²) in [4.78, 5) is 13.8. The van der Waals surface area contributed by atoms with Gasteiger partial charge in [-0.2, -0.15) is 4.98 Å². The zero-order chi connectivity index (χ0) is 21.1. The predicted molar refractivity (Wildman–Crippen MR) is 116 cm³/mol. The Labute approximate surface area is 178 Å². The molecule has 0 amide bonds. The normalized spacial score (nSPS) is 10.8. The maximum absolute atomic E-state index is 5.48. The largest absolute Gasteiger partial charge is 0.493 e. The molecule has 0 saturated carbocycles. The van der Waals surface area contributed by atoms with Crippen molar-refractivity contribution >= 4 is 21.6 Å². The van der Waals surface area contributed by atoms with E-state index in [0.29, 0.717) is 29.7 Å². The van der Waals surface area contributed by atoms with Gasteiger partial charge in [-0.3, -0.25) is 0 Å². The SMILES string of the molecule is COc1ccc(-c2csc3cnc(Cc4ccc(OC)c(OC)c4)nc23)c(OC)n1. The van der Waals surface area contributed by atoms with Gasteiger partial charge in [-0.1, -0.05) is 6.07 Å². The summed E-state index contributed by atoms with van der Waals surface area (Å²) in [5.41, 5.74) is 3.72. The molecule has 4 aromatic rings. The molecule has 0 unspecified atom stereocenters. The van der Waals surface area contributed by atoms with Crippen LogP contribution in [0.3, 0.4) is 0 Å². The van der Waals surface area contributed by atoms with Crippen molar-refractivity contribution in [2.24, 2.45) is 0 Å². The number of hydrogen-bond donors (Lipinski definition) is 0. The van der Waals surface area contributed by atoms with Crippen LogP contribution in [-0.2, 0) is 6.42 Å². The molecule has 3 heterocycles. The van der Waals surface area contributed by atoms with Gasteiger partial charge in [-0.25, -0.2) is 9.97 Å². The highest BCUT2D eigenvalue weighted by molar-refractivity contribution is 7.17. The molecule has 0 saturated heterocycles. The molecule has 0 bridgehead atoms. The summed E-state index contributed by atoms with van der Waals surface area (Å²) in [5.74, 6) is 3.08. The van der Waals surface area contributed by atoms with Gasteiger partial charge in [0.15, 0.2) is 11.5 Å². The fraction of sp³-hybridized carbons (Fsp3) is 0.227. The molecule has 0 aliphatic rings. The number of thiophene rings is 1. The number of pyridine rings is 1. The van der Waals surface area contributed by atoms with E-state index in [-0.39, 0.29) is 0 Å². The topological polar surface area (TPSA) is 75.6 Å². The molecule has 0 radical (unpaired) electrons. The van der Waals surface area contributed by atoms with Crippen LogP contribution >= 0.6 is 11.3 Å². The lowest BCUT2D eigenvalue weighted by molar-refractivity contribution is 0.354. The van der Waals surface area contributed by atoms with Crippen LogP contribution in [0.15, 0.2) is 41.9 Å². The third kappa shape index (κ3) is 3.73. The smallest absolute Gasteiger partial charge is 0.224 e. The maximum Gasteiger partial charge on any atom is 0.224 e. The van der Waals surface area contributed by atoms with Crippen molar-refractivity contribution in [2.75, 3.05) is 28.4 Å². The molecule has 8 heteroatoms. The first-order valence-corrected chi connectivity index (χ1v) is 10.1. The van der Waals surface area contributed by atoms with Crippen molar-refractivity contribution in [3.63, 3.8) is 0 Å². The van der Waals surface area contributed by atoms with Gasteiger partial charge >= 0.3 is 0 Å². The summed E-state index contributed by atoms with van der Waals surface area (Å²) in [6.07, 6.45) is 2.43. The molecule has 7 nitrogen and oxygen atoms in total. The van der Waals surface area contributed by atoms with Gasteiger partial charge < -0.3 is 18.9 Å². The minimum atomic E-state index is 0.495. The lowest BCUT2D eigenvalue weighted by atomic mass is 10.1. The quantitative estimate of drug-likeness (QED) is 0.437. The van der Waals surface area contributed by atoms with Crippen molar-refractivity contribution in [1.29, 1.82) is 0 Å². The number of aromatic nitrogens is 3. The Balaban J connectivity index is 1.72. The van der Waals surface area contributed by atoms with E-state index in [0.717, 1.165) is 32.7 Å². The first-order valence-electron chi connectivity index (χ1n) is 9.20. The van der Waals surface area contributed by atoms with Crippen molar-refractivity contribution in [1.82, 2.24) is 15.0 Å². The summed E-state index contributed by atoms with van der Waals surface area (Å²) in [5, 5.41) is 2.05. The summed E-state index contributed by atoms with van der Waals surface area (Å²) < 4.78 is 22.4. The van der Waals surface area contributed by atoms with E-state index in [2.05, 4.69) is 9.97 Å². The average molecular weight is 423 g/mol. The fourth-order valence-electron chi connectivity index (χ4n) is 3.21. The summed E-state index contributed by atoms with van der Waals surface area (Å²) in [6, 6.07) is 9.56. The van der Waals surface area contributed by atoms with Crippen LogP contribution in [0.5, 0.6) is 23.3 Å². The lowest BCUT2D eigenvalue weighted by Gasteiger charge is -2.10. The number of rotatable bonds is 7. The van der Waals surface area contributed by atoms with Crippen molar-refractivity contribution in [3.05, 3.63) is 53.3 Å². The second-order valence-electron chi connectivity index (χ2n) is 6.43. The Bertz CT molecular complexity index is 1190. The first-order chi connectivity index (χ1) is 14.7. The van der Waals surface area contributed by atoms with E-state index >= 15 is 0 Å². The Hall–Kier alpha value is -3.39. The first kappa shape index (κ1) is 19.9. The summed E-state index contributed by atoms with van der Waals surface area (Å²) >= 11 is 1.59. The third-order valence-corrected chi connectivity index (χ3v) is 5.61. The van der Waals surface area contributed by atoms with Gasteiger partial charge in [0, 0.05) is 35.2 Å². The number of fused-ring (bicyclic) bond motifs is 1. The lowest BCUT2D eigenvalue weighted by Crippen LogP contribution is -1.98. The van der Waals surface area contributed by atoms with Gasteiger partial charge in [0.05, 0.1) is 38.7 Å². The van der Waals surface area contributed by atoms with Crippen molar-refractivity contribution in [2.45, 2.75) is 6.42 Å². The highest BCUT2D eigenvalue weighted by Gasteiger charge is 2.16. The van der Waals surface area contributed by atoms with Gasteiger partial charge in [-0.15, -0.1) is 11.3 Å². The molecule has 0 aliphatic carbocycles. The van der Waals surface area contributed by atoms with Crippen molar-refractivity contribution in [3.8, 4) is 34.4 Å². The second-order valence-corrected chi connectivity index (χ2v) is 7.34. The van der Waals surface area contributed by atoms with Gasteiger partial charge in [0.1, 0.15) is 5.82 Å². The van der Waals surface area contributed by atoms with E-state index in [1.54, 1.807) is 39.8 Å². The molecule has 0 fully saturated rings. The van der Waals surface area contributed by atoms with Gasteiger partial charge in [0.2, 0.25) is 11.8 Å². The zero-order valence-corrected chi connectivity index (χ0v) is 17.9. The van der Waals surface area contributed by atoms with E-state index in [4.69, 9.17) is 23.9 Å². The average Bonchev–Trinajstić information content (AvgIpc) is 3.21. The molecule has 30 heavy (non-hydrogen) atoms. The highest BCUT2D eigenvalue weighted by Crippen LogP contribution is 2.37.